The predicted octanol–water partition coefficient (Wildman–Crippen LogP) is 3.66. The predicted molar refractivity (Wildman–Crippen MR) is 125 cm³/mol. The number of anilines is 3. The molecular weight excluding hydrogens is 439 g/mol. The second kappa shape index (κ2) is 8.62. The molecule has 4 heterocycles. The molecule has 0 fully saturated rings. The summed E-state index contributed by atoms with van der Waals surface area (Å²) >= 11 is 0. The van der Waals surface area contributed by atoms with Gasteiger partial charge in [-0.1, -0.05) is 25.1 Å². The number of benzene rings is 1. The molecule has 0 unspecified atom stereocenters. The Morgan fingerprint density at radius 1 is 1.26 bits per heavy atom. The molecule has 0 saturated carbocycles. The van der Waals surface area contributed by atoms with E-state index in [4.69, 9.17) is 9.84 Å². The summed E-state index contributed by atoms with van der Waals surface area (Å²) in [6, 6.07) is 6.05. The lowest BCUT2D eigenvalue weighted by Gasteiger charge is -2.24. The Kier molecular flexibility index (Phi) is 5.48. The Morgan fingerprint density at radius 3 is 2.94 bits per heavy atom. The molecule has 2 aromatic heterocycles. The van der Waals surface area contributed by atoms with Crippen LogP contribution in [0.3, 0.4) is 0 Å². The minimum absolute atomic E-state index is 0.0131. The fourth-order valence-electron chi connectivity index (χ4n) is 4.21. The molecule has 0 radical (unpaired) electrons. The van der Waals surface area contributed by atoms with Crippen LogP contribution in [0.2, 0.25) is 0 Å². The number of nitrogens with one attached hydrogen (secondary N) is 3. The molecule has 9 nitrogen and oxygen atoms in total. The number of fused-ring (bicyclic) bond motifs is 3. The quantitative estimate of drug-likeness (QED) is 0.513. The van der Waals surface area contributed by atoms with Crippen LogP contribution in [0.5, 0.6) is 5.75 Å². The van der Waals surface area contributed by atoms with Crippen LogP contribution < -0.4 is 20.7 Å². The van der Waals surface area contributed by atoms with E-state index in [9.17, 15) is 14.0 Å². The third kappa shape index (κ3) is 3.66. The molecule has 1 aromatic carbocycles. The standard InChI is InChI=1S/C24H23FN6O3/c1-13-5-3-6-14-11-27-24(33)21-20(28-17-8-4-7-16(25)22(17)34-2)19(30-31(14)21)15-9-10-26-12-18(15)29-23(13)32/h3-5,7-10,12-14,28H,6,11H2,1-2H3,(H,27,33)(H,29,32)/b5-3+/t13-,14-/m0/s1. The van der Waals surface area contributed by atoms with Crippen LogP contribution >= 0.6 is 0 Å². The van der Waals surface area contributed by atoms with Crippen molar-refractivity contribution in [3.63, 3.8) is 0 Å². The van der Waals surface area contributed by atoms with Crippen LogP contribution in [0, 0.1) is 11.7 Å². The van der Waals surface area contributed by atoms with Gasteiger partial charge in [-0.25, -0.2) is 4.39 Å². The van der Waals surface area contributed by atoms with Crippen molar-refractivity contribution in [2.75, 3.05) is 24.3 Å². The van der Waals surface area contributed by atoms with E-state index in [0.29, 0.717) is 47.0 Å². The topological polar surface area (TPSA) is 110 Å². The Hall–Kier alpha value is -4.21. The normalized spacial score (nSPS) is 20.2. The molecule has 0 saturated heterocycles. The molecule has 3 N–H and O–H groups in total. The van der Waals surface area contributed by atoms with E-state index in [2.05, 4.69) is 20.9 Å². The van der Waals surface area contributed by atoms with Gasteiger partial charge >= 0.3 is 0 Å². The van der Waals surface area contributed by atoms with E-state index in [1.807, 2.05) is 19.1 Å². The van der Waals surface area contributed by atoms with Crippen LogP contribution in [-0.2, 0) is 4.79 Å². The number of amides is 2. The second-order valence-electron chi connectivity index (χ2n) is 8.19. The largest absolute Gasteiger partial charge is 0.492 e. The van der Waals surface area contributed by atoms with Crippen LogP contribution in [0.1, 0.15) is 29.9 Å². The molecule has 10 heteroatoms. The average Bonchev–Trinajstić information content (AvgIpc) is 3.20. The fourth-order valence-corrected chi connectivity index (χ4v) is 4.21. The van der Waals surface area contributed by atoms with Gasteiger partial charge in [-0.05, 0) is 24.6 Å². The highest BCUT2D eigenvalue weighted by Gasteiger charge is 2.33. The molecule has 2 aliphatic heterocycles. The molecule has 2 bridgehead atoms. The third-order valence-corrected chi connectivity index (χ3v) is 5.98. The summed E-state index contributed by atoms with van der Waals surface area (Å²) in [5, 5.41) is 13.8. The minimum atomic E-state index is -0.542. The maximum absolute atomic E-state index is 14.4. The molecule has 0 spiro atoms. The Morgan fingerprint density at radius 2 is 2.12 bits per heavy atom. The lowest BCUT2D eigenvalue weighted by molar-refractivity contribution is -0.118. The lowest BCUT2D eigenvalue weighted by Crippen LogP contribution is -2.39. The molecule has 2 aliphatic rings. The van der Waals surface area contributed by atoms with Crippen molar-refractivity contribution in [1.29, 1.82) is 0 Å². The number of ether oxygens (including phenoxy) is 1. The van der Waals surface area contributed by atoms with Gasteiger partial charge in [0.25, 0.3) is 5.91 Å². The summed E-state index contributed by atoms with van der Waals surface area (Å²) < 4.78 is 21.4. The van der Waals surface area contributed by atoms with Crippen LogP contribution in [0.4, 0.5) is 21.5 Å². The molecule has 174 valence electrons. The monoisotopic (exact) mass is 462 g/mol. The second-order valence-corrected chi connectivity index (χ2v) is 8.19. The first-order valence-electron chi connectivity index (χ1n) is 10.9. The van der Waals surface area contributed by atoms with Crippen molar-refractivity contribution < 1.29 is 18.7 Å². The number of halogens is 1. The number of methoxy groups -OCH3 is 1. The molecule has 5 rings (SSSR count). The van der Waals surface area contributed by atoms with E-state index in [1.54, 1.807) is 29.1 Å². The molecule has 2 amide bonds. The maximum atomic E-state index is 14.4. The fraction of sp³-hybridized carbons (Fsp3) is 0.250. The zero-order valence-electron chi connectivity index (χ0n) is 18.6. The number of para-hydroxylation sites is 1. The number of hydrogen-bond acceptors (Lipinski definition) is 6. The zero-order valence-corrected chi connectivity index (χ0v) is 18.6. The van der Waals surface area contributed by atoms with Crippen LogP contribution in [0.25, 0.3) is 11.3 Å². The highest BCUT2D eigenvalue weighted by Crippen LogP contribution is 2.41. The maximum Gasteiger partial charge on any atom is 0.271 e. The first-order valence-corrected chi connectivity index (χ1v) is 10.9. The average molecular weight is 462 g/mol. The number of carbonyl (C=O) groups is 2. The van der Waals surface area contributed by atoms with Gasteiger partial charge in [0, 0.05) is 18.3 Å². The number of carbonyl (C=O) groups excluding carboxylic acids is 2. The van der Waals surface area contributed by atoms with Crippen LogP contribution in [0.15, 0.2) is 48.8 Å². The molecular formula is C24H23FN6O3. The summed E-state index contributed by atoms with van der Waals surface area (Å²) in [4.78, 5) is 30.0. The Bertz CT molecular complexity index is 1320. The van der Waals surface area contributed by atoms with Crippen LogP contribution in [-0.4, -0.2) is 40.2 Å². The van der Waals surface area contributed by atoms with Crippen molar-refractivity contribution in [2.24, 2.45) is 5.92 Å². The highest BCUT2D eigenvalue weighted by atomic mass is 19.1. The summed E-state index contributed by atoms with van der Waals surface area (Å²) in [5.41, 5.74) is 2.49. The minimum Gasteiger partial charge on any atom is -0.492 e. The summed E-state index contributed by atoms with van der Waals surface area (Å²) in [5.74, 6) is -1.38. The first-order chi connectivity index (χ1) is 16.5. The van der Waals surface area contributed by atoms with E-state index in [1.165, 1.54) is 19.4 Å². The third-order valence-electron chi connectivity index (χ3n) is 5.98. The van der Waals surface area contributed by atoms with Gasteiger partial charge in [-0.3, -0.25) is 19.3 Å². The van der Waals surface area contributed by atoms with Gasteiger partial charge < -0.3 is 20.7 Å². The summed E-state index contributed by atoms with van der Waals surface area (Å²) in [6.07, 6.45) is 7.45. The van der Waals surface area contributed by atoms with Gasteiger partial charge in [-0.15, -0.1) is 0 Å². The lowest BCUT2D eigenvalue weighted by atomic mass is 10.1. The van der Waals surface area contributed by atoms with Gasteiger partial charge in [0.15, 0.2) is 17.3 Å². The summed E-state index contributed by atoms with van der Waals surface area (Å²) in [7, 11) is 1.38. The molecule has 34 heavy (non-hydrogen) atoms. The van der Waals surface area contributed by atoms with Crippen molar-refractivity contribution in [3.05, 3.63) is 60.3 Å². The molecule has 3 aromatic rings. The first kappa shape index (κ1) is 21.6. The van der Waals surface area contributed by atoms with E-state index in [-0.39, 0.29) is 29.5 Å². The summed E-state index contributed by atoms with van der Waals surface area (Å²) in [6.45, 7) is 2.21. The van der Waals surface area contributed by atoms with E-state index >= 15 is 0 Å². The number of hydrogen-bond donors (Lipinski definition) is 3. The number of nitrogens with zero attached hydrogens (tertiary/aromatic N) is 3. The Balaban J connectivity index is 1.75. The number of rotatable bonds is 3. The van der Waals surface area contributed by atoms with Crippen molar-refractivity contribution in [3.8, 4) is 17.0 Å². The Labute approximate surface area is 195 Å². The van der Waals surface area contributed by atoms with Crippen molar-refractivity contribution in [2.45, 2.75) is 19.4 Å². The SMILES string of the molecule is COc1c(F)cccc1Nc1c2nn3c1C(=O)NC[C@@H]3C/C=C/[C@H](C)C(=O)Nc1cnccc1-2. The van der Waals surface area contributed by atoms with Gasteiger partial charge in [0.1, 0.15) is 5.69 Å². The van der Waals surface area contributed by atoms with Crippen molar-refractivity contribution >= 4 is 28.9 Å². The van der Waals surface area contributed by atoms with Gasteiger partial charge in [0.05, 0.1) is 42.3 Å². The number of pyridine rings is 1. The van der Waals surface area contributed by atoms with Crippen molar-refractivity contribution in [1.82, 2.24) is 20.1 Å². The number of allylic oxidation sites excluding steroid dienone is 1. The number of aromatic nitrogens is 3. The molecule has 0 aliphatic carbocycles. The molecule has 2 atom stereocenters. The van der Waals surface area contributed by atoms with Gasteiger partial charge in [-0.2, -0.15) is 5.10 Å². The zero-order chi connectivity index (χ0) is 23.8. The van der Waals surface area contributed by atoms with Gasteiger partial charge in [0.2, 0.25) is 5.91 Å². The smallest absolute Gasteiger partial charge is 0.271 e. The van der Waals surface area contributed by atoms with E-state index in [0.717, 1.165) is 0 Å². The highest BCUT2D eigenvalue weighted by molar-refractivity contribution is 6.05. The van der Waals surface area contributed by atoms with E-state index < -0.39 is 5.82 Å².